The Kier molecular flexibility index (Phi) is 4.34. The number of carbonyl (C=O) groups excluding carboxylic acids is 1. The highest BCUT2D eigenvalue weighted by molar-refractivity contribution is 6.14. The summed E-state index contributed by atoms with van der Waals surface area (Å²) in [5.41, 5.74) is 3.14. The van der Waals surface area contributed by atoms with Gasteiger partial charge in [0.15, 0.2) is 5.78 Å². The summed E-state index contributed by atoms with van der Waals surface area (Å²) in [5.74, 6) is -0.222. The van der Waals surface area contributed by atoms with E-state index >= 15 is 0 Å². The maximum atomic E-state index is 13.3. The van der Waals surface area contributed by atoms with Gasteiger partial charge in [0.2, 0.25) is 0 Å². The first kappa shape index (κ1) is 16.0. The van der Waals surface area contributed by atoms with Crippen molar-refractivity contribution in [2.45, 2.75) is 0 Å². The number of aromatic nitrogens is 1. The van der Waals surface area contributed by atoms with Crippen molar-refractivity contribution >= 4 is 16.7 Å². The molecule has 1 aliphatic heterocycles. The molecule has 0 bridgehead atoms. The van der Waals surface area contributed by atoms with Crippen LogP contribution in [-0.2, 0) is 4.74 Å². The Labute approximate surface area is 145 Å². The number of nitrogens with one attached hydrogen (secondary N) is 1. The third-order valence-corrected chi connectivity index (χ3v) is 4.59. The molecule has 0 radical (unpaired) electrons. The standard InChI is InChI=1S/C20H19FN2O2/c21-15-7-5-14(6-8-15)20-19(16-3-1-2-4-17(16)22-20)18(24)13-23-9-11-25-12-10-23/h1-8,22H,9-13H2. The van der Waals surface area contributed by atoms with E-state index in [1.54, 1.807) is 12.1 Å². The van der Waals surface area contributed by atoms with Crippen molar-refractivity contribution in [2.75, 3.05) is 32.8 Å². The van der Waals surface area contributed by atoms with Gasteiger partial charge in [-0.2, -0.15) is 0 Å². The van der Waals surface area contributed by atoms with E-state index in [-0.39, 0.29) is 11.6 Å². The van der Waals surface area contributed by atoms with Crippen molar-refractivity contribution in [3.05, 3.63) is 59.9 Å². The van der Waals surface area contributed by atoms with Crippen LogP contribution in [0.2, 0.25) is 0 Å². The van der Waals surface area contributed by atoms with E-state index in [0.29, 0.717) is 25.3 Å². The number of hydrogen-bond donors (Lipinski definition) is 1. The second-order valence-electron chi connectivity index (χ2n) is 6.24. The topological polar surface area (TPSA) is 45.3 Å². The summed E-state index contributed by atoms with van der Waals surface area (Å²) in [6, 6.07) is 14.0. The Balaban J connectivity index is 1.76. The Morgan fingerprint density at radius 3 is 2.56 bits per heavy atom. The summed E-state index contributed by atoms with van der Waals surface area (Å²) >= 11 is 0. The first-order valence-electron chi connectivity index (χ1n) is 8.42. The molecule has 4 nitrogen and oxygen atoms in total. The number of benzene rings is 2. The second kappa shape index (κ2) is 6.78. The minimum atomic E-state index is -0.291. The van der Waals surface area contributed by atoms with Crippen LogP contribution < -0.4 is 0 Å². The molecule has 5 heteroatoms. The summed E-state index contributed by atoms with van der Waals surface area (Å²) in [6.45, 7) is 3.21. The lowest BCUT2D eigenvalue weighted by Gasteiger charge is -2.25. The van der Waals surface area contributed by atoms with Crippen LogP contribution in [0.3, 0.4) is 0 Å². The third-order valence-electron chi connectivity index (χ3n) is 4.59. The lowest BCUT2D eigenvalue weighted by atomic mass is 10.0. The van der Waals surface area contributed by atoms with Crippen molar-refractivity contribution in [3.63, 3.8) is 0 Å². The van der Waals surface area contributed by atoms with Crippen molar-refractivity contribution in [1.82, 2.24) is 9.88 Å². The molecule has 128 valence electrons. The summed E-state index contributed by atoms with van der Waals surface area (Å²) in [7, 11) is 0. The minimum Gasteiger partial charge on any atom is -0.379 e. The van der Waals surface area contributed by atoms with E-state index < -0.39 is 0 Å². The minimum absolute atomic E-state index is 0.0682. The number of fused-ring (bicyclic) bond motifs is 1. The maximum absolute atomic E-state index is 13.3. The van der Waals surface area contributed by atoms with Crippen molar-refractivity contribution in [2.24, 2.45) is 0 Å². The zero-order valence-corrected chi connectivity index (χ0v) is 13.8. The Bertz CT molecular complexity index is 896. The van der Waals surface area contributed by atoms with E-state index in [1.807, 2.05) is 24.3 Å². The van der Waals surface area contributed by atoms with Gasteiger partial charge in [-0.1, -0.05) is 18.2 Å². The number of halogens is 1. The number of rotatable bonds is 4. The van der Waals surface area contributed by atoms with E-state index in [2.05, 4.69) is 9.88 Å². The summed E-state index contributed by atoms with van der Waals surface area (Å²) in [4.78, 5) is 18.5. The Morgan fingerprint density at radius 1 is 1.08 bits per heavy atom. The summed E-state index contributed by atoms with van der Waals surface area (Å²) in [6.07, 6.45) is 0. The van der Waals surface area contributed by atoms with Crippen LogP contribution in [0.25, 0.3) is 22.2 Å². The lowest BCUT2D eigenvalue weighted by molar-refractivity contribution is 0.0372. The molecule has 1 fully saturated rings. The predicted octanol–water partition coefficient (Wildman–Crippen LogP) is 3.49. The number of carbonyl (C=O) groups is 1. The van der Waals surface area contributed by atoms with Crippen LogP contribution in [0.5, 0.6) is 0 Å². The second-order valence-corrected chi connectivity index (χ2v) is 6.24. The molecular weight excluding hydrogens is 319 g/mol. The molecule has 2 heterocycles. The molecule has 4 rings (SSSR count). The summed E-state index contributed by atoms with van der Waals surface area (Å²) < 4.78 is 18.6. The van der Waals surface area contributed by atoms with Crippen molar-refractivity contribution in [3.8, 4) is 11.3 Å². The first-order valence-corrected chi connectivity index (χ1v) is 8.42. The largest absolute Gasteiger partial charge is 0.379 e. The van der Waals surface area contributed by atoms with Crippen LogP contribution in [0.4, 0.5) is 4.39 Å². The fourth-order valence-electron chi connectivity index (χ4n) is 3.31. The van der Waals surface area contributed by atoms with Gasteiger partial charge in [-0.25, -0.2) is 4.39 Å². The number of H-pyrrole nitrogens is 1. The SMILES string of the molecule is O=C(CN1CCOCC1)c1c(-c2ccc(F)cc2)[nH]c2ccccc12. The molecule has 0 unspecified atom stereocenters. The number of ether oxygens (including phenoxy) is 1. The number of nitrogens with zero attached hydrogens (tertiary/aromatic N) is 1. The van der Waals surface area contributed by atoms with Gasteiger partial charge in [0.25, 0.3) is 0 Å². The third kappa shape index (κ3) is 3.21. The molecule has 0 saturated carbocycles. The average molecular weight is 338 g/mol. The van der Waals surface area contributed by atoms with Gasteiger partial charge in [0.05, 0.1) is 31.0 Å². The number of Topliss-reactive ketones (excluding diaryl/α,β-unsaturated/α-hetero) is 1. The molecule has 0 aliphatic carbocycles. The Morgan fingerprint density at radius 2 is 1.80 bits per heavy atom. The number of para-hydroxylation sites is 1. The van der Waals surface area contributed by atoms with Crippen LogP contribution in [0.15, 0.2) is 48.5 Å². The first-order chi connectivity index (χ1) is 12.2. The van der Waals surface area contributed by atoms with Gasteiger partial charge in [0, 0.05) is 24.0 Å². The fourth-order valence-corrected chi connectivity index (χ4v) is 3.31. The lowest BCUT2D eigenvalue weighted by Crippen LogP contribution is -2.39. The smallest absolute Gasteiger partial charge is 0.179 e. The molecule has 25 heavy (non-hydrogen) atoms. The molecule has 3 aromatic rings. The molecule has 0 spiro atoms. The molecule has 1 aliphatic rings. The molecular formula is C20H19FN2O2. The van der Waals surface area contributed by atoms with Gasteiger partial charge >= 0.3 is 0 Å². The maximum Gasteiger partial charge on any atom is 0.179 e. The summed E-state index contributed by atoms with van der Waals surface area (Å²) in [5, 5.41) is 0.903. The Hall–Kier alpha value is -2.50. The van der Waals surface area contributed by atoms with Gasteiger partial charge in [-0.15, -0.1) is 0 Å². The molecule has 1 N–H and O–H groups in total. The van der Waals surface area contributed by atoms with Gasteiger partial charge in [-0.3, -0.25) is 9.69 Å². The molecule has 1 saturated heterocycles. The number of hydrogen-bond acceptors (Lipinski definition) is 3. The highest BCUT2D eigenvalue weighted by Gasteiger charge is 2.22. The van der Waals surface area contributed by atoms with Crippen molar-refractivity contribution < 1.29 is 13.9 Å². The number of ketones is 1. The van der Waals surface area contributed by atoms with Gasteiger partial charge < -0.3 is 9.72 Å². The van der Waals surface area contributed by atoms with Crippen LogP contribution in [0.1, 0.15) is 10.4 Å². The van der Waals surface area contributed by atoms with E-state index in [1.165, 1.54) is 12.1 Å². The predicted molar refractivity (Wildman–Crippen MR) is 95.3 cm³/mol. The zero-order valence-electron chi connectivity index (χ0n) is 13.8. The zero-order chi connectivity index (χ0) is 17.2. The van der Waals surface area contributed by atoms with Crippen molar-refractivity contribution in [1.29, 1.82) is 0 Å². The van der Waals surface area contributed by atoms with E-state index in [4.69, 9.17) is 4.74 Å². The highest BCUT2D eigenvalue weighted by atomic mass is 19.1. The quantitative estimate of drug-likeness (QED) is 0.741. The van der Waals surface area contributed by atoms with Crippen LogP contribution in [0, 0.1) is 5.82 Å². The van der Waals surface area contributed by atoms with E-state index in [0.717, 1.165) is 35.2 Å². The molecule has 1 aromatic heterocycles. The van der Waals surface area contributed by atoms with E-state index in [9.17, 15) is 9.18 Å². The van der Waals surface area contributed by atoms with Crippen LogP contribution in [-0.4, -0.2) is 48.5 Å². The number of morpholine rings is 1. The molecule has 2 aromatic carbocycles. The van der Waals surface area contributed by atoms with Gasteiger partial charge in [0.1, 0.15) is 5.82 Å². The molecule has 0 atom stereocenters. The highest BCUT2D eigenvalue weighted by Crippen LogP contribution is 2.31. The number of aromatic amines is 1. The fraction of sp³-hybridized carbons (Fsp3) is 0.250. The normalized spacial score (nSPS) is 15.6. The van der Waals surface area contributed by atoms with Gasteiger partial charge in [-0.05, 0) is 35.9 Å². The monoisotopic (exact) mass is 338 g/mol. The average Bonchev–Trinajstić information content (AvgIpc) is 3.03. The van der Waals surface area contributed by atoms with Crippen LogP contribution >= 0.6 is 0 Å². The molecule has 0 amide bonds.